The van der Waals surface area contributed by atoms with Crippen molar-refractivity contribution in [3.8, 4) is 0 Å². The van der Waals surface area contributed by atoms with Crippen LogP contribution in [0.4, 0.5) is 13.2 Å². The van der Waals surface area contributed by atoms with E-state index in [1.54, 1.807) is 31.5 Å². The molecule has 1 rings (SSSR count). The monoisotopic (exact) mass is 535 g/mol. The summed E-state index contributed by atoms with van der Waals surface area (Å²) in [7, 11) is 0. The molecule has 0 radical (unpaired) electrons. The van der Waals surface area contributed by atoms with E-state index in [0.717, 1.165) is 5.56 Å². The molecule has 0 aromatic carbocycles. The molecule has 0 saturated carbocycles. The highest BCUT2D eigenvalue weighted by molar-refractivity contribution is 5.94. The summed E-state index contributed by atoms with van der Waals surface area (Å²) in [6, 6.07) is -0.0961. The van der Waals surface area contributed by atoms with Gasteiger partial charge in [-0.25, -0.2) is 9.59 Å². The quantitative estimate of drug-likeness (QED) is 0.203. The molecule has 0 unspecified atom stereocenters. The molecule has 0 aliphatic heterocycles. The number of aromatic nitrogens is 1. The molecule has 0 aliphatic rings. The van der Waals surface area contributed by atoms with E-state index in [1.165, 1.54) is 6.92 Å². The zero-order valence-electron chi connectivity index (χ0n) is 19.9. The van der Waals surface area contributed by atoms with Gasteiger partial charge in [0.25, 0.3) is 0 Å². The van der Waals surface area contributed by atoms with Crippen molar-refractivity contribution in [2.75, 3.05) is 0 Å². The highest BCUT2D eigenvalue weighted by atomic mass is 19.4. The van der Waals surface area contributed by atoms with E-state index in [9.17, 15) is 37.1 Å². The Balaban J connectivity index is 0.00000161. The largest absolute Gasteiger partial charge is 0.490 e. The van der Waals surface area contributed by atoms with Gasteiger partial charge in [-0.3, -0.25) is 24.2 Å². The van der Waals surface area contributed by atoms with E-state index in [4.69, 9.17) is 20.7 Å². The van der Waals surface area contributed by atoms with Crippen LogP contribution in [0.5, 0.6) is 0 Å². The van der Waals surface area contributed by atoms with Gasteiger partial charge in [0.1, 0.15) is 18.1 Å². The number of rotatable bonds is 12. The van der Waals surface area contributed by atoms with Crippen LogP contribution in [-0.4, -0.2) is 75.1 Å². The lowest BCUT2D eigenvalue weighted by atomic mass is 10.1. The number of hydrogen-bond donors (Lipinski definition) is 6. The molecule has 4 amide bonds. The Kier molecular flexibility index (Phi) is 13.9. The zero-order chi connectivity index (χ0) is 28.8. The minimum Gasteiger partial charge on any atom is -0.480 e. The van der Waals surface area contributed by atoms with Gasteiger partial charge in [-0.05, 0) is 31.0 Å². The molecule has 1 aromatic rings. The second-order valence-electron chi connectivity index (χ2n) is 7.54. The molecule has 0 saturated heterocycles. The molecule has 3 atom stereocenters. The Morgan fingerprint density at radius 2 is 1.49 bits per heavy atom. The minimum absolute atomic E-state index is 0.0619. The van der Waals surface area contributed by atoms with Crippen molar-refractivity contribution >= 4 is 35.6 Å². The molecule has 37 heavy (non-hydrogen) atoms. The summed E-state index contributed by atoms with van der Waals surface area (Å²) in [4.78, 5) is 71.9. The van der Waals surface area contributed by atoms with E-state index in [-0.39, 0.29) is 18.7 Å². The first kappa shape index (κ1) is 32.8. The number of pyridine rings is 1. The molecule has 206 valence electrons. The van der Waals surface area contributed by atoms with Gasteiger partial charge in [-0.15, -0.1) is 0 Å². The third-order valence-corrected chi connectivity index (χ3v) is 4.36. The molecule has 1 aromatic heterocycles. The summed E-state index contributed by atoms with van der Waals surface area (Å²) in [6.45, 7) is 3.25. The number of primary amides is 1. The van der Waals surface area contributed by atoms with Crippen LogP contribution in [0.1, 0.15) is 38.7 Å². The highest BCUT2D eigenvalue weighted by Gasteiger charge is 2.38. The Bertz CT molecular complexity index is 959. The van der Waals surface area contributed by atoms with Crippen LogP contribution in [0.3, 0.4) is 0 Å². The van der Waals surface area contributed by atoms with Crippen LogP contribution < -0.4 is 21.7 Å². The highest BCUT2D eigenvalue weighted by Crippen LogP contribution is 2.13. The van der Waals surface area contributed by atoms with E-state index in [1.807, 2.05) is 0 Å². The van der Waals surface area contributed by atoms with Crippen molar-refractivity contribution in [1.82, 2.24) is 20.9 Å². The predicted molar refractivity (Wildman–Crippen MR) is 119 cm³/mol. The number of carbonyl (C=O) groups is 6. The van der Waals surface area contributed by atoms with Crippen molar-refractivity contribution in [1.29, 1.82) is 0 Å². The van der Waals surface area contributed by atoms with E-state index in [0.29, 0.717) is 6.42 Å². The smallest absolute Gasteiger partial charge is 0.480 e. The first-order chi connectivity index (χ1) is 17.1. The van der Waals surface area contributed by atoms with Gasteiger partial charge < -0.3 is 31.9 Å². The molecular formula is C21H28F3N5O8. The number of hydrogen-bond acceptors (Lipinski definition) is 7. The van der Waals surface area contributed by atoms with Crippen molar-refractivity contribution < 1.29 is 52.2 Å². The number of carbonyl (C=O) groups excluding carboxylic acids is 4. The van der Waals surface area contributed by atoms with Gasteiger partial charge in [-0.1, -0.05) is 13.3 Å². The fourth-order valence-corrected chi connectivity index (χ4v) is 2.57. The van der Waals surface area contributed by atoms with E-state index in [2.05, 4.69) is 20.9 Å². The fourth-order valence-electron chi connectivity index (χ4n) is 2.57. The Hall–Kier alpha value is -4.24. The van der Waals surface area contributed by atoms with Crippen LogP contribution >= 0.6 is 0 Å². The lowest BCUT2D eigenvalue weighted by molar-refractivity contribution is -0.192. The number of nitrogens with two attached hydrogens (primary N) is 1. The van der Waals surface area contributed by atoms with Crippen molar-refractivity contribution in [3.05, 3.63) is 30.1 Å². The third kappa shape index (κ3) is 14.0. The summed E-state index contributed by atoms with van der Waals surface area (Å²) in [5.41, 5.74) is 5.73. The fraction of sp³-hybridized carbons (Fsp3) is 0.476. The predicted octanol–water partition coefficient (Wildman–Crippen LogP) is -0.508. The van der Waals surface area contributed by atoms with Crippen molar-refractivity contribution in [2.24, 2.45) is 5.73 Å². The molecule has 1 heterocycles. The maximum Gasteiger partial charge on any atom is 0.490 e. The van der Waals surface area contributed by atoms with Crippen molar-refractivity contribution in [3.63, 3.8) is 0 Å². The molecule has 13 nitrogen and oxygen atoms in total. The van der Waals surface area contributed by atoms with Gasteiger partial charge >= 0.3 is 18.1 Å². The number of halogens is 3. The van der Waals surface area contributed by atoms with Gasteiger partial charge in [0, 0.05) is 12.4 Å². The normalized spacial score (nSPS) is 13.0. The van der Waals surface area contributed by atoms with Gasteiger partial charge in [-0.2, -0.15) is 13.2 Å². The summed E-state index contributed by atoms with van der Waals surface area (Å²) in [6.07, 6.45) is -1.74. The number of carboxylic acids is 2. The Labute approximate surface area is 209 Å². The van der Waals surface area contributed by atoms with Crippen LogP contribution in [-0.2, 0) is 35.2 Å². The Morgan fingerprint density at radius 1 is 0.973 bits per heavy atom. The number of aliphatic carboxylic acids is 2. The van der Waals surface area contributed by atoms with Crippen molar-refractivity contribution in [2.45, 2.75) is 63.8 Å². The molecule has 7 N–H and O–H groups in total. The number of carboxylic acid groups (broad SMARTS) is 2. The second-order valence-corrected chi connectivity index (χ2v) is 7.54. The summed E-state index contributed by atoms with van der Waals surface area (Å²) >= 11 is 0. The van der Waals surface area contributed by atoms with Crippen LogP contribution in [0.25, 0.3) is 0 Å². The zero-order valence-corrected chi connectivity index (χ0v) is 19.9. The van der Waals surface area contributed by atoms with Gasteiger partial charge in [0.05, 0.1) is 12.8 Å². The lowest BCUT2D eigenvalue weighted by Crippen LogP contribution is -2.55. The van der Waals surface area contributed by atoms with Crippen LogP contribution in [0.15, 0.2) is 24.5 Å². The minimum atomic E-state index is -5.08. The first-order valence-corrected chi connectivity index (χ1v) is 10.7. The topological polar surface area (TPSA) is 218 Å². The maximum absolute atomic E-state index is 12.4. The average Bonchev–Trinajstić information content (AvgIpc) is 2.78. The standard InChI is InChI=1S/C19H27N5O6.C2HF3O2/c1-3-4-13(18(28)24-14(19(29)30)10-15(20)25)23-17(27)11(2)22-16(26)9-12-5-7-21-8-6-12;3-2(4,5)1(6)7/h5-8,11,13-14H,3-4,9-10H2,1-2H3,(H2,20,25)(H,22,26)(H,23,27)(H,24,28)(H,29,30);(H,6,7)/t11-,13+,14-;/m0./s1. The number of nitrogens with one attached hydrogen (secondary N) is 3. The average molecular weight is 535 g/mol. The van der Waals surface area contributed by atoms with Crippen LogP contribution in [0.2, 0.25) is 0 Å². The summed E-state index contributed by atoms with van der Waals surface area (Å²) < 4.78 is 31.7. The number of amides is 4. The van der Waals surface area contributed by atoms with E-state index < -0.39 is 60.4 Å². The molecule has 0 aliphatic carbocycles. The van der Waals surface area contributed by atoms with Gasteiger partial charge in [0.15, 0.2) is 0 Å². The molecule has 0 spiro atoms. The Morgan fingerprint density at radius 3 is 1.92 bits per heavy atom. The first-order valence-electron chi connectivity index (χ1n) is 10.7. The third-order valence-electron chi connectivity index (χ3n) is 4.36. The summed E-state index contributed by atoms with van der Waals surface area (Å²) in [5, 5.41) is 23.5. The number of alkyl halides is 3. The lowest BCUT2D eigenvalue weighted by Gasteiger charge is -2.22. The molecular weight excluding hydrogens is 507 g/mol. The molecule has 0 bridgehead atoms. The summed E-state index contributed by atoms with van der Waals surface area (Å²) in [5.74, 6) is -6.80. The van der Waals surface area contributed by atoms with Gasteiger partial charge in [0.2, 0.25) is 23.6 Å². The van der Waals surface area contributed by atoms with E-state index >= 15 is 0 Å². The SMILES string of the molecule is CCC[C@@H](NC(=O)[C@H](C)NC(=O)Cc1ccncc1)C(=O)N[C@@H](CC(N)=O)C(=O)O.O=C(O)C(F)(F)F. The second kappa shape index (κ2) is 15.7. The van der Waals surface area contributed by atoms with Crippen LogP contribution in [0, 0.1) is 0 Å². The molecule has 16 heteroatoms. The maximum atomic E-state index is 12.4. The number of nitrogens with zero attached hydrogens (tertiary/aromatic N) is 1. The molecule has 0 fully saturated rings.